The number of benzene rings is 6. The van der Waals surface area contributed by atoms with Gasteiger partial charge in [0.1, 0.15) is 8.07 Å². The maximum absolute atomic E-state index is 2.56. The van der Waals surface area contributed by atoms with E-state index in [9.17, 15) is 0 Å². The third kappa shape index (κ3) is 2.93. The second-order valence-electron chi connectivity index (χ2n) is 10.6. The third-order valence-corrected chi connectivity index (χ3v) is 11.7. The van der Waals surface area contributed by atoms with Crippen molar-refractivity contribution in [2.45, 2.75) is 20.0 Å². The number of hydrogen-bond donors (Lipinski definition) is 0. The van der Waals surface area contributed by atoms with Crippen LogP contribution in [-0.2, 0) is 0 Å². The van der Waals surface area contributed by atoms with Crippen molar-refractivity contribution in [2.24, 2.45) is 0 Å². The molecular formula is C35H28Si. The van der Waals surface area contributed by atoms with Gasteiger partial charge in [-0.25, -0.2) is 0 Å². The van der Waals surface area contributed by atoms with Crippen LogP contribution in [0.25, 0.3) is 54.9 Å². The molecule has 0 bridgehead atoms. The molecule has 7 rings (SSSR count). The van der Waals surface area contributed by atoms with E-state index in [1.165, 1.54) is 60.5 Å². The number of fused-ring (bicyclic) bond motifs is 5. The van der Waals surface area contributed by atoms with Crippen molar-refractivity contribution in [3.63, 3.8) is 0 Å². The first-order valence-electron chi connectivity index (χ1n) is 12.8. The van der Waals surface area contributed by atoms with E-state index in [2.05, 4.69) is 135 Å². The van der Waals surface area contributed by atoms with E-state index in [-0.39, 0.29) is 0 Å². The molecule has 0 saturated heterocycles. The molecule has 36 heavy (non-hydrogen) atoms. The molecule has 0 amide bonds. The Morgan fingerprint density at radius 3 is 1.78 bits per heavy atom. The molecule has 1 heteroatoms. The van der Waals surface area contributed by atoms with Gasteiger partial charge in [0, 0.05) is 0 Å². The smallest absolute Gasteiger partial charge is 0.0623 e. The zero-order valence-electron chi connectivity index (χ0n) is 21.0. The molecule has 0 saturated carbocycles. The highest BCUT2D eigenvalue weighted by molar-refractivity contribution is 7.04. The Bertz CT molecular complexity index is 1810. The summed E-state index contributed by atoms with van der Waals surface area (Å²) >= 11 is 0. The summed E-state index contributed by atoms with van der Waals surface area (Å²) in [5.41, 5.74) is 9.47. The van der Waals surface area contributed by atoms with Gasteiger partial charge in [-0.15, -0.1) is 0 Å². The van der Waals surface area contributed by atoms with Crippen LogP contribution in [0.5, 0.6) is 0 Å². The minimum absolute atomic E-state index is 1.28. The van der Waals surface area contributed by atoms with Crippen LogP contribution < -0.4 is 10.4 Å². The Morgan fingerprint density at radius 1 is 0.444 bits per heavy atom. The largest absolute Gasteiger partial charge is 0.113 e. The summed E-state index contributed by atoms with van der Waals surface area (Å²) in [5, 5.41) is 8.47. The molecule has 6 aromatic rings. The first-order chi connectivity index (χ1) is 17.6. The van der Waals surface area contributed by atoms with Crippen molar-refractivity contribution in [3.8, 4) is 33.4 Å². The summed E-state index contributed by atoms with van der Waals surface area (Å²) < 4.78 is 0. The Balaban J connectivity index is 1.73. The topological polar surface area (TPSA) is 0 Å². The SMILES string of the molecule is Cc1ccccc1-c1c2ccccc2c(-c2ccccc2)c2cc3c(cc12)-c1ccccc1[Si]3(C)C. The molecule has 0 radical (unpaired) electrons. The quantitative estimate of drug-likeness (QED) is 0.174. The van der Waals surface area contributed by atoms with Gasteiger partial charge in [0.15, 0.2) is 0 Å². The highest BCUT2D eigenvalue weighted by Gasteiger charge is 2.38. The second kappa shape index (κ2) is 7.78. The lowest BCUT2D eigenvalue weighted by atomic mass is 9.84. The van der Waals surface area contributed by atoms with Crippen LogP contribution in [0.3, 0.4) is 0 Å². The first-order valence-corrected chi connectivity index (χ1v) is 15.8. The predicted octanol–water partition coefficient (Wildman–Crippen LogP) is 8.44. The number of rotatable bonds is 2. The van der Waals surface area contributed by atoms with Gasteiger partial charge in [-0.3, -0.25) is 0 Å². The van der Waals surface area contributed by atoms with E-state index in [1.54, 1.807) is 10.4 Å². The molecule has 6 aromatic carbocycles. The monoisotopic (exact) mass is 476 g/mol. The van der Waals surface area contributed by atoms with E-state index in [0.717, 1.165) is 0 Å². The lowest BCUT2D eigenvalue weighted by Crippen LogP contribution is -2.49. The molecule has 0 N–H and O–H groups in total. The summed E-state index contributed by atoms with van der Waals surface area (Å²) in [6.07, 6.45) is 0. The normalized spacial score (nSPS) is 13.6. The van der Waals surface area contributed by atoms with Gasteiger partial charge in [0.2, 0.25) is 0 Å². The molecule has 172 valence electrons. The Morgan fingerprint density at radius 2 is 1.03 bits per heavy atom. The molecule has 0 aromatic heterocycles. The Labute approximate surface area is 213 Å². The molecule has 1 heterocycles. The van der Waals surface area contributed by atoms with Gasteiger partial charge in [0.25, 0.3) is 0 Å². The fourth-order valence-corrected chi connectivity index (χ4v) is 9.51. The maximum atomic E-state index is 2.56. The van der Waals surface area contributed by atoms with Gasteiger partial charge in [-0.2, -0.15) is 0 Å². The van der Waals surface area contributed by atoms with Gasteiger partial charge in [0.05, 0.1) is 0 Å². The summed E-state index contributed by atoms with van der Waals surface area (Å²) in [5.74, 6) is 0. The summed E-state index contributed by atoms with van der Waals surface area (Å²) in [6.45, 7) is 7.25. The van der Waals surface area contributed by atoms with E-state index < -0.39 is 8.07 Å². The van der Waals surface area contributed by atoms with Crippen molar-refractivity contribution >= 4 is 40.0 Å². The molecule has 0 nitrogen and oxygen atoms in total. The molecule has 1 aliphatic rings. The van der Waals surface area contributed by atoms with Crippen molar-refractivity contribution in [2.75, 3.05) is 0 Å². The number of aryl methyl sites for hydroxylation is 1. The summed E-state index contributed by atoms with van der Waals surface area (Å²) in [6, 6.07) is 43.0. The maximum Gasteiger partial charge on any atom is 0.113 e. The standard InChI is InChI=1S/C35H28Si/c1-23-13-7-8-16-25(23)35-28-19-10-9-18-27(28)34(24-14-5-4-6-15-24)31-22-33-29(21-30(31)35)26-17-11-12-20-32(26)36(33,2)3/h4-22H,1-3H3. The highest BCUT2D eigenvalue weighted by Crippen LogP contribution is 2.46. The zero-order valence-corrected chi connectivity index (χ0v) is 22.0. The van der Waals surface area contributed by atoms with Crippen molar-refractivity contribution < 1.29 is 0 Å². The first kappa shape index (κ1) is 21.3. The zero-order chi connectivity index (χ0) is 24.4. The van der Waals surface area contributed by atoms with E-state index >= 15 is 0 Å². The average molecular weight is 477 g/mol. The minimum atomic E-state index is -1.80. The third-order valence-electron chi connectivity index (χ3n) is 8.20. The second-order valence-corrected chi connectivity index (χ2v) is 14.9. The van der Waals surface area contributed by atoms with E-state index in [0.29, 0.717) is 0 Å². The van der Waals surface area contributed by atoms with Crippen LogP contribution in [0, 0.1) is 6.92 Å². The molecule has 0 fully saturated rings. The molecule has 0 atom stereocenters. The van der Waals surface area contributed by atoms with Crippen LogP contribution >= 0.6 is 0 Å². The van der Waals surface area contributed by atoms with Crippen LogP contribution in [0.4, 0.5) is 0 Å². The van der Waals surface area contributed by atoms with Crippen LogP contribution in [-0.4, -0.2) is 8.07 Å². The van der Waals surface area contributed by atoms with Crippen LogP contribution in [0.1, 0.15) is 5.56 Å². The molecule has 0 spiro atoms. The fourth-order valence-electron chi connectivity index (χ4n) is 6.43. The average Bonchev–Trinajstić information content (AvgIpc) is 3.13. The molecule has 0 aliphatic carbocycles. The van der Waals surface area contributed by atoms with Crippen LogP contribution in [0.15, 0.2) is 115 Å². The molecule has 0 unspecified atom stereocenters. The Kier molecular flexibility index (Phi) is 4.61. The highest BCUT2D eigenvalue weighted by atomic mass is 28.3. The lowest BCUT2D eigenvalue weighted by molar-refractivity contribution is 1.47. The lowest BCUT2D eigenvalue weighted by Gasteiger charge is -2.22. The number of hydrogen-bond acceptors (Lipinski definition) is 0. The predicted molar refractivity (Wildman–Crippen MR) is 159 cm³/mol. The van der Waals surface area contributed by atoms with Crippen LogP contribution in [0.2, 0.25) is 13.1 Å². The molecule has 1 aliphatic heterocycles. The van der Waals surface area contributed by atoms with Gasteiger partial charge >= 0.3 is 0 Å². The molecular weight excluding hydrogens is 448 g/mol. The summed E-state index contributed by atoms with van der Waals surface area (Å²) in [7, 11) is -1.80. The summed E-state index contributed by atoms with van der Waals surface area (Å²) in [4.78, 5) is 0. The van der Waals surface area contributed by atoms with Gasteiger partial charge in [-0.05, 0) is 83.9 Å². The minimum Gasteiger partial charge on any atom is -0.0623 e. The Hall–Kier alpha value is -3.94. The fraction of sp³-hybridized carbons (Fsp3) is 0.0857. The van der Waals surface area contributed by atoms with Crippen molar-refractivity contribution in [3.05, 3.63) is 121 Å². The van der Waals surface area contributed by atoms with E-state index in [4.69, 9.17) is 0 Å². The van der Waals surface area contributed by atoms with Gasteiger partial charge in [-0.1, -0.05) is 122 Å². The van der Waals surface area contributed by atoms with Crippen molar-refractivity contribution in [1.82, 2.24) is 0 Å². The van der Waals surface area contributed by atoms with Gasteiger partial charge < -0.3 is 0 Å². The van der Waals surface area contributed by atoms with Crippen molar-refractivity contribution in [1.29, 1.82) is 0 Å². The van der Waals surface area contributed by atoms with E-state index in [1.807, 2.05) is 0 Å².